The van der Waals surface area contributed by atoms with Gasteiger partial charge in [0.25, 0.3) is 0 Å². The molecule has 3 N–H and O–H groups in total. The Morgan fingerprint density at radius 3 is 2.30 bits per heavy atom. The van der Waals surface area contributed by atoms with Crippen molar-refractivity contribution in [1.82, 2.24) is 15.1 Å². The Kier molecular flexibility index (Phi) is 11.1. The lowest BCUT2D eigenvalue weighted by molar-refractivity contribution is -0.111. The Morgan fingerprint density at radius 1 is 0.889 bits per heavy atom. The molecule has 4 aliphatic rings. The van der Waals surface area contributed by atoms with E-state index in [0.717, 1.165) is 95.5 Å². The summed E-state index contributed by atoms with van der Waals surface area (Å²) in [7, 11) is -4.04. The van der Waals surface area contributed by atoms with E-state index in [-0.39, 0.29) is 38.9 Å². The second-order valence-electron chi connectivity index (χ2n) is 15.5. The van der Waals surface area contributed by atoms with Gasteiger partial charge >= 0.3 is 6.09 Å². The lowest BCUT2D eigenvalue weighted by atomic mass is 9.57. The van der Waals surface area contributed by atoms with E-state index in [1.807, 2.05) is 4.90 Å². The monoisotopic (exact) mass is 761 g/mol. The lowest BCUT2D eigenvalue weighted by Crippen LogP contribution is -2.60. The number of sulfone groups is 1. The van der Waals surface area contributed by atoms with Gasteiger partial charge in [-0.1, -0.05) is 31.2 Å². The number of rotatable bonds is 13. The number of anilines is 2. The summed E-state index contributed by atoms with van der Waals surface area (Å²) in [5.41, 5.74) is 1.26. The van der Waals surface area contributed by atoms with Crippen LogP contribution in [0.3, 0.4) is 0 Å². The summed E-state index contributed by atoms with van der Waals surface area (Å²) in [6, 6.07) is 16.7. The normalized spacial score (nSPS) is 22.5. The number of carbonyl (C=O) groups excluding carboxylic acids is 1. The first-order valence-corrected chi connectivity index (χ1v) is 20.5. The van der Waals surface area contributed by atoms with Crippen LogP contribution in [0.4, 0.5) is 25.0 Å². The second-order valence-corrected chi connectivity index (χ2v) is 17.4. The number of hydrogen-bond donors (Lipinski definition) is 3. The van der Waals surface area contributed by atoms with Crippen molar-refractivity contribution in [3.63, 3.8) is 0 Å². The molecule has 0 bridgehead atoms. The number of carbonyl (C=O) groups is 2. The van der Waals surface area contributed by atoms with Gasteiger partial charge in [0.2, 0.25) is 15.7 Å². The topological polar surface area (TPSA) is 122 Å². The first-order valence-electron chi connectivity index (χ1n) is 19.0. The van der Waals surface area contributed by atoms with Crippen LogP contribution in [0, 0.1) is 29.4 Å². The third kappa shape index (κ3) is 7.76. The molecule has 3 aromatic carbocycles. The Balaban J connectivity index is 1.00. The van der Waals surface area contributed by atoms with Crippen molar-refractivity contribution < 1.29 is 31.9 Å². The van der Waals surface area contributed by atoms with Crippen molar-refractivity contribution >= 4 is 33.2 Å². The van der Waals surface area contributed by atoms with Crippen molar-refractivity contribution in [2.24, 2.45) is 17.8 Å². The molecule has 1 aliphatic carbocycles. The van der Waals surface area contributed by atoms with Gasteiger partial charge in [-0.3, -0.25) is 4.79 Å². The molecule has 3 aromatic rings. The number of likely N-dealkylation sites (tertiary alicyclic amines) is 2. The maximum Gasteiger partial charge on any atom is 0.404 e. The fraction of sp³-hybridized carbons (Fsp3) is 0.463. The highest BCUT2D eigenvalue weighted by molar-refractivity contribution is 7.91. The molecule has 288 valence electrons. The van der Waals surface area contributed by atoms with E-state index in [1.54, 1.807) is 18.2 Å². The van der Waals surface area contributed by atoms with E-state index < -0.39 is 27.7 Å². The average Bonchev–Trinajstić information content (AvgIpc) is 3.58. The van der Waals surface area contributed by atoms with Crippen molar-refractivity contribution in [3.05, 3.63) is 96.6 Å². The van der Waals surface area contributed by atoms with Crippen LogP contribution in [0.5, 0.6) is 0 Å². The van der Waals surface area contributed by atoms with Gasteiger partial charge in [0.1, 0.15) is 11.6 Å². The molecule has 0 spiro atoms. The Hall–Kier alpha value is -4.33. The highest BCUT2D eigenvalue weighted by Crippen LogP contribution is 2.51. The minimum Gasteiger partial charge on any atom is -0.465 e. The zero-order valence-corrected chi connectivity index (χ0v) is 31.2. The van der Waals surface area contributed by atoms with Crippen LogP contribution in [-0.4, -0.2) is 93.7 Å². The molecule has 0 aromatic heterocycles. The summed E-state index contributed by atoms with van der Waals surface area (Å²) in [5.74, 6) is -0.688. The standard InChI is InChI=1S/C41H49F2N5O5S/c1-2-39(49)44-32-9-4-10-33(22-32)54(52,53)34-13-14-38(36(43)23-34)48-25-28(26-48)24-46-19-15-29(16-20-46)41(27-47-17-6-18-47,30-7-3-8-31(42)21-30)35-11-5-12-37(35)45-40(50)51/h2-4,7-10,13-14,21-23,28-29,35,37,45H,1,5-6,11-12,15-20,24-27H2,(H,44,49)(H,50,51)/t35-,37-,41?/m0/s1. The van der Waals surface area contributed by atoms with Crippen molar-refractivity contribution in [2.45, 2.75) is 59.8 Å². The molecule has 1 unspecified atom stereocenters. The van der Waals surface area contributed by atoms with Crippen LogP contribution in [0.1, 0.15) is 44.1 Å². The zero-order chi connectivity index (χ0) is 38.0. The molecule has 3 atom stereocenters. The molecular weight excluding hydrogens is 713 g/mol. The van der Waals surface area contributed by atoms with E-state index >= 15 is 4.39 Å². The molecule has 3 heterocycles. The summed E-state index contributed by atoms with van der Waals surface area (Å²) in [6.07, 6.45) is 5.69. The summed E-state index contributed by atoms with van der Waals surface area (Å²) in [5, 5.41) is 15.1. The number of carboxylic acid groups (broad SMARTS) is 1. The molecule has 1 saturated carbocycles. The number of amides is 2. The van der Waals surface area contributed by atoms with Gasteiger partial charge in [0, 0.05) is 49.2 Å². The molecule has 2 amide bonds. The number of halogens is 2. The second kappa shape index (κ2) is 15.8. The predicted octanol–water partition coefficient (Wildman–Crippen LogP) is 6.15. The highest BCUT2D eigenvalue weighted by atomic mass is 32.2. The van der Waals surface area contributed by atoms with Crippen LogP contribution < -0.4 is 15.5 Å². The van der Waals surface area contributed by atoms with Gasteiger partial charge in [-0.05, 0) is 130 Å². The lowest BCUT2D eigenvalue weighted by Gasteiger charge is -2.54. The number of hydrogen-bond acceptors (Lipinski definition) is 7. The third-order valence-electron chi connectivity index (χ3n) is 12.2. The molecule has 13 heteroatoms. The summed E-state index contributed by atoms with van der Waals surface area (Å²) < 4.78 is 57.1. The van der Waals surface area contributed by atoms with E-state index in [0.29, 0.717) is 30.4 Å². The van der Waals surface area contributed by atoms with Gasteiger partial charge in [-0.2, -0.15) is 0 Å². The molecule has 10 nitrogen and oxygen atoms in total. The highest BCUT2D eigenvalue weighted by Gasteiger charge is 2.53. The SMILES string of the molecule is C=CC(=O)Nc1cccc(S(=O)(=O)c2ccc(N3CC(CN4CCC(C(CN5CCC5)(c5cccc(F)c5)[C@H]5CCC[C@@H]5NC(=O)O)CC4)C3)c(F)c2)c1. The maximum atomic E-state index is 15.5. The van der Waals surface area contributed by atoms with E-state index in [9.17, 15) is 27.5 Å². The average molecular weight is 762 g/mol. The first kappa shape index (κ1) is 38.0. The van der Waals surface area contributed by atoms with Gasteiger partial charge in [-0.25, -0.2) is 22.0 Å². The van der Waals surface area contributed by atoms with Gasteiger partial charge in [0.05, 0.1) is 15.5 Å². The Morgan fingerprint density at radius 2 is 1.63 bits per heavy atom. The molecule has 0 radical (unpaired) electrons. The maximum absolute atomic E-state index is 15.5. The van der Waals surface area contributed by atoms with Crippen molar-refractivity contribution in [2.75, 3.05) is 62.6 Å². The zero-order valence-electron chi connectivity index (χ0n) is 30.4. The molecular formula is C41H49F2N5O5S. The molecule has 4 fully saturated rings. The summed E-state index contributed by atoms with van der Waals surface area (Å²) >= 11 is 0. The Bertz CT molecular complexity index is 1980. The van der Waals surface area contributed by atoms with Gasteiger partial charge < -0.3 is 30.4 Å². The summed E-state index contributed by atoms with van der Waals surface area (Å²) in [4.78, 5) is 30.2. The van der Waals surface area contributed by atoms with Crippen molar-refractivity contribution in [1.29, 1.82) is 0 Å². The minimum absolute atomic E-state index is 0.0574. The van der Waals surface area contributed by atoms with Crippen LogP contribution in [0.25, 0.3) is 0 Å². The number of piperidine rings is 1. The molecule has 3 saturated heterocycles. The number of nitrogens with one attached hydrogen (secondary N) is 2. The number of nitrogens with zero attached hydrogens (tertiary/aromatic N) is 3. The van der Waals surface area contributed by atoms with Crippen LogP contribution in [0.2, 0.25) is 0 Å². The van der Waals surface area contributed by atoms with Gasteiger partial charge in [-0.15, -0.1) is 0 Å². The first-order chi connectivity index (χ1) is 26.0. The van der Waals surface area contributed by atoms with Crippen molar-refractivity contribution in [3.8, 4) is 0 Å². The smallest absolute Gasteiger partial charge is 0.404 e. The third-order valence-corrected chi connectivity index (χ3v) is 14.0. The van der Waals surface area contributed by atoms with Crippen LogP contribution in [-0.2, 0) is 20.0 Å². The van der Waals surface area contributed by atoms with E-state index in [2.05, 4.69) is 33.1 Å². The van der Waals surface area contributed by atoms with E-state index in [4.69, 9.17) is 0 Å². The number of benzene rings is 3. The Labute approximate surface area is 316 Å². The van der Waals surface area contributed by atoms with E-state index in [1.165, 1.54) is 36.4 Å². The predicted molar refractivity (Wildman–Crippen MR) is 203 cm³/mol. The van der Waals surface area contributed by atoms with Gasteiger partial charge in [0.15, 0.2) is 0 Å². The molecule has 7 rings (SSSR count). The molecule has 54 heavy (non-hydrogen) atoms. The van der Waals surface area contributed by atoms with Crippen LogP contribution >= 0.6 is 0 Å². The fourth-order valence-electron chi connectivity index (χ4n) is 9.55. The molecule has 3 aliphatic heterocycles. The largest absolute Gasteiger partial charge is 0.465 e. The van der Waals surface area contributed by atoms with Crippen LogP contribution in [0.15, 0.2) is 89.2 Å². The summed E-state index contributed by atoms with van der Waals surface area (Å²) in [6.45, 7) is 10.1. The fourth-order valence-corrected chi connectivity index (χ4v) is 10.9. The quantitative estimate of drug-likeness (QED) is 0.178. The minimum atomic E-state index is -4.04.